The molecule has 0 aliphatic carbocycles. The molecule has 0 saturated heterocycles. The van der Waals surface area contributed by atoms with E-state index in [9.17, 15) is 0 Å². The molecule has 0 spiro atoms. The summed E-state index contributed by atoms with van der Waals surface area (Å²) < 4.78 is 0. The van der Waals surface area contributed by atoms with Gasteiger partial charge in [0.15, 0.2) is 0 Å². The van der Waals surface area contributed by atoms with Crippen LogP contribution in [0.3, 0.4) is 0 Å². The highest BCUT2D eigenvalue weighted by Crippen LogP contribution is 2.10. The number of rotatable bonds is 12. The third kappa shape index (κ3) is 15.5. The number of aliphatic hydroxyl groups excluding tert-OH is 1. The molecule has 1 nitrogen and oxygen atoms in total. The van der Waals surface area contributed by atoms with Gasteiger partial charge in [-0.05, 0) is 19.3 Å². The van der Waals surface area contributed by atoms with Crippen LogP contribution in [0.4, 0.5) is 0 Å². The van der Waals surface area contributed by atoms with Gasteiger partial charge >= 0.3 is 0 Å². The molecule has 0 amide bonds. The minimum absolute atomic E-state index is 0.305. The molecule has 0 rings (SSSR count). The molecule has 0 aromatic rings. The highest BCUT2D eigenvalue weighted by Gasteiger charge is 1.91. The lowest BCUT2D eigenvalue weighted by Crippen LogP contribution is -1.81. The van der Waals surface area contributed by atoms with E-state index in [1.165, 1.54) is 57.8 Å². The van der Waals surface area contributed by atoms with Crippen LogP contribution >= 0.6 is 0 Å². The molecule has 0 fully saturated rings. The third-order valence-electron chi connectivity index (χ3n) is 3.24. The van der Waals surface area contributed by atoms with E-state index in [0.29, 0.717) is 6.61 Å². The van der Waals surface area contributed by atoms with Gasteiger partial charge in [-0.2, -0.15) is 0 Å². The van der Waals surface area contributed by atoms with Crippen LogP contribution in [0, 0.1) is 11.8 Å². The molecule has 0 heterocycles. The lowest BCUT2D eigenvalue weighted by Gasteiger charge is -2.00. The van der Waals surface area contributed by atoms with Crippen LogP contribution in [0.5, 0.6) is 0 Å². The van der Waals surface area contributed by atoms with Gasteiger partial charge in [0.2, 0.25) is 0 Å². The van der Waals surface area contributed by atoms with Crippen LogP contribution in [0.2, 0.25) is 0 Å². The van der Waals surface area contributed by atoms with Crippen molar-refractivity contribution in [1.29, 1.82) is 0 Å². The maximum Gasteiger partial charge on any atom is 0.0431 e. The number of aliphatic hydroxyl groups is 1. The van der Waals surface area contributed by atoms with Crippen LogP contribution in [0.15, 0.2) is 0 Å². The molecule has 0 saturated carbocycles. The molecule has 1 N–H and O–H groups in total. The molecule has 0 aliphatic heterocycles. The van der Waals surface area contributed by atoms with E-state index in [2.05, 4.69) is 18.8 Å². The summed E-state index contributed by atoms with van der Waals surface area (Å²) in [4.78, 5) is 0. The average molecular weight is 252 g/mol. The first-order chi connectivity index (χ1) is 8.91. The largest absolute Gasteiger partial charge is 0.396 e. The van der Waals surface area contributed by atoms with Gasteiger partial charge in [-0.25, -0.2) is 0 Å². The minimum atomic E-state index is 0.305. The van der Waals surface area contributed by atoms with Gasteiger partial charge in [0, 0.05) is 19.4 Å². The normalized spacial score (nSPS) is 10.1. The smallest absolute Gasteiger partial charge is 0.0431 e. The Labute approximate surface area is 114 Å². The zero-order valence-electron chi connectivity index (χ0n) is 12.3. The van der Waals surface area contributed by atoms with Gasteiger partial charge in [0.05, 0.1) is 0 Å². The Balaban J connectivity index is 3.02. The van der Waals surface area contributed by atoms with Crippen molar-refractivity contribution in [3.63, 3.8) is 0 Å². The summed E-state index contributed by atoms with van der Waals surface area (Å²) in [7, 11) is 0. The number of hydrogen-bond acceptors (Lipinski definition) is 1. The second-order valence-electron chi connectivity index (χ2n) is 5.11. The van der Waals surface area contributed by atoms with Gasteiger partial charge in [-0.15, -0.1) is 11.8 Å². The summed E-state index contributed by atoms with van der Waals surface area (Å²) in [6.07, 6.45) is 16.4. The topological polar surface area (TPSA) is 20.2 Å². The highest BCUT2D eigenvalue weighted by molar-refractivity contribution is 4.98. The molecule has 106 valence electrons. The first kappa shape index (κ1) is 17.5. The minimum Gasteiger partial charge on any atom is -0.396 e. The van der Waals surface area contributed by atoms with Crippen LogP contribution < -0.4 is 0 Å². The van der Waals surface area contributed by atoms with Crippen LogP contribution in [0.25, 0.3) is 0 Å². The Hall–Kier alpha value is -0.480. The zero-order chi connectivity index (χ0) is 13.3. The zero-order valence-corrected chi connectivity index (χ0v) is 12.3. The fourth-order valence-electron chi connectivity index (χ4n) is 2.03. The molecule has 0 unspecified atom stereocenters. The van der Waals surface area contributed by atoms with E-state index in [1.54, 1.807) is 0 Å². The molecular formula is C17H32O. The Bertz CT molecular complexity index is 199. The van der Waals surface area contributed by atoms with Gasteiger partial charge in [-0.1, -0.05) is 58.3 Å². The summed E-state index contributed by atoms with van der Waals surface area (Å²) in [5.74, 6) is 6.42. The maximum absolute atomic E-state index is 8.61. The number of unbranched alkanes of at least 4 members (excludes halogenated alkanes) is 11. The predicted molar refractivity (Wildman–Crippen MR) is 80.6 cm³/mol. The van der Waals surface area contributed by atoms with Crippen molar-refractivity contribution in [3.05, 3.63) is 0 Å². The van der Waals surface area contributed by atoms with Crippen molar-refractivity contribution in [3.8, 4) is 11.8 Å². The van der Waals surface area contributed by atoms with Crippen molar-refractivity contribution in [2.75, 3.05) is 6.61 Å². The van der Waals surface area contributed by atoms with Crippen LogP contribution in [-0.2, 0) is 0 Å². The second-order valence-corrected chi connectivity index (χ2v) is 5.11. The Kier molecular flexibility index (Phi) is 16.1. The lowest BCUT2D eigenvalue weighted by molar-refractivity contribution is 0.285. The summed E-state index contributed by atoms with van der Waals surface area (Å²) >= 11 is 0. The molecule has 0 aromatic heterocycles. The molecule has 1 heteroatoms. The van der Waals surface area contributed by atoms with Gasteiger partial charge in [-0.3, -0.25) is 0 Å². The Morgan fingerprint density at radius 3 is 1.56 bits per heavy atom. The molecule has 0 aromatic carbocycles. The van der Waals surface area contributed by atoms with E-state index in [4.69, 9.17) is 5.11 Å². The Morgan fingerprint density at radius 2 is 1.06 bits per heavy atom. The van der Waals surface area contributed by atoms with Gasteiger partial charge < -0.3 is 5.11 Å². The molecule has 0 aliphatic rings. The van der Waals surface area contributed by atoms with Crippen molar-refractivity contribution >= 4 is 0 Å². The van der Waals surface area contributed by atoms with Crippen LogP contribution in [-0.4, -0.2) is 11.7 Å². The third-order valence-corrected chi connectivity index (χ3v) is 3.24. The van der Waals surface area contributed by atoms with Crippen molar-refractivity contribution in [2.45, 2.75) is 90.4 Å². The lowest BCUT2D eigenvalue weighted by atomic mass is 10.1. The maximum atomic E-state index is 8.61. The SMILES string of the molecule is CCCCCCCCCCCC#CCCCCO. The summed E-state index contributed by atoms with van der Waals surface area (Å²) in [6, 6.07) is 0. The van der Waals surface area contributed by atoms with Gasteiger partial charge in [0.25, 0.3) is 0 Å². The summed E-state index contributed by atoms with van der Waals surface area (Å²) in [6.45, 7) is 2.57. The van der Waals surface area contributed by atoms with E-state index in [1.807, 2.05) is 0 Å². The van der Waals surface area contributed by atoms with Gasteiger partial charge in [0.1, 0.15) is 0 Å². The molecule has 0 bridgehead atoms. The number of hydrogen-bond donors (Lipinski definition) is 1. The molecule has 0 radical (unpaired) electrons. The average Bonchev–Trinajstić information content (AvgIpc) is 2.39. The predicted octanol–water partition coefficient (Wildman–Crippen LogP) is 5.07. The standard InChI is InChI=1S/C17H32O/c1-2-3-4-5-6-7-8-9-10-11-12-13-14-15-16-17-18/h18H,2-11,14-17H2,1H3. The van der Waals surface area contributed by atoms with Crippen molar-refractivity contribution in [1.82, 2.24) is 0 Å². The second kappa shape index (κ2) is 16.5. The fourth-order valence-corrected chi connectivity index (χ4v) is 2.03. The molecule has 0 atom stereocenters. The first-order valence-corrected chi connectivity index (χ1v) is 7.98. The fraction of sp³-hybridized carbons (Fsp3) is 0.882. The van der Waals surface area contributed by atoms with E-state index in [0.717, 1.165) is 25.7 Å². The summed E-state index contributed by atoms with van der Waals surface area (Å²) in [5, 5.41) is 8.61. The quantitative estimate of drug-likeness (QED) is 0.379. The monoisotopic (exact) mass is 252 g/mol. The molecular weight excluding hydrogens is 220 g/mol. The van der Waals surface area contributed by atoms with E-state index >= 15 is 0 Å². The van der Waals surface area contributed by atoms with Crippen molar-refractivity contribution in [2.24, 2.45) is 0 Å². The van der Waals surface area contributed by atoms with Crippen molar-refractivity contribution < 1.29 is 5.11 Å². The summed E-state index contributed by atoms with van der Waals surface area (Å²) in [5.41, 5.74) is 0. The van der Waals surface area contributed by atoms with E-state index in [-0.39, 0.29) is 0 Å². The van der Waals surface area contributed by atoms with E-state index < -0.39 is 0 Å². The van der Waals surface area contributed by atoms with Crippen LogP contribution in [0.1, 0.15) is 90.4 Å². The molecule has 18 heavy (non-hydrogen) atoms. The first-order valence-electron chi connectivity index (χ1n) is 7.98. The highest BCUT2D eigenvalue weighted by atomic mass is 16.2. The Morgan fingerprint density at radius 1 is 0.611 bits per heavy atom.